The van der Waals surface area contributed by atoms with Gasteiger partial charge in [-0.05, 0) is 44.0 Å². The minimum atomic E-state index is -0.899. The summed E-state index contributed by atoms with van der Waals surface area (Å²) >= 11 is 6.53. The highest BCUT2D eigenvalue weighted by molar-refractivity contribution is 9.10. The van der Waals surface area contributed by atoms with Gasteiger partial charge >= 0.3 is 0 Å². The fourth-order valence-electron chi connectivity index (χ4n) is 1.12. The number of aliphatic hydroxyl groups excluding tert-OH is 1. The molecule has 0 atom stereocenters. The SMILES string of the molecule is OC(c1occc1Br)c1occc1Br. The van der Waals surface area contributed by atoms with Gasteiger partial charge in [0.05, 0.1) is 21.5 Å². The van der Waals surface area contributed by atoms with Gasteiger partial charge in [0.15, 0.2) is 17.6 Å². The molecule has 14 heavy (non-hydrogen) atoms. The van der Waals surface area contributed by atoms with Crippen LogP contribution < -0.4 is 0 Å². The molecule has 0 fully saturated rings. The van der Waals surface area contributed by atoms with E-state index in [1.54, 1.807) is 12.1 Å². The van der Waals surface area contributed by atoms with E-state index in [0.717, 1.165) is 0 Å². The summed E-state index contributed by atoms with van der Waals surface area (Å²) in [5.74, 6) is 0.862. The Bertz CT molecular complexity index is 392. The van der Waals surface area contributed by atoms with Crippen molar-refractivity contribution in [2.24, 2.45) is 0 Å². The van der Waals surface area contributed by atoms with Crippen LogP contribution >= 0.6 is 31.9 Å². The van der Waals surface area contributed by atoms with Crippen molar-refractivity contribution >= 4 is 31.9 Å². The van der Waals surface area contributed by atoms with Gasteiger partial charge in [0.25, 0.3) is 0 Å². The Kier molecular flexibility index (Phi) is 2.80. The molecule has 0 unspecified atom stereocenters. The molecular weight excluding hydrogens is 316 g/mol. The van der Waals surface area contributed by atoms with Gasteiger partial charge in [0.1, 0.15) is 0 Å². The Balaban J connectivity index is 2.38. The molecule has 0 aliphatic heterocycles. The molecular formula is C9H6Br2O3. The molecule has 1 N–H and O–H groups in total. The average molecular weight is 322 g/mol. The number of hydrogen-bond donors (Lipinski definition) is 1. The summed E-state index contributed by atoms with van der Waals surface area (Å²) in [5, 5.41) is 9.88. The van der Waals surface area contributed by atoms with E-state index in [1.165, 1.54) is 12.5 Å². The molecule has 0 aromatic carbocycles. The van der Waals surface area contributed by atoms with Crippen molar-refractivity contribution in [3.63, 3.8) is 0 Å². The summed E-state index contributed by atoms with van der Waals surface area (Å²) in [6.45, 7) is 0. The van der Waals surface area contributed by atoms with Crippen LogP contribution in [0.4, 0.5) is 0 Å². The van der Waals surface area contributed by atoms with Crippen LogP contribution in [0.1, 0.15) is 17.6 Å². The summed E-state index contributed by atoms with van der Waals surface area (Å²) in [5.41, 5.74) is 0. The molecule has 5 heteroatoms. The third-order valence-electron chi connectivity index (χ3n) is 1.79. The Morgan fingerprint density at radius 3 is 1.71 bits per heavy atom. The van der Waals surface area contributed by atoms with E-state index in [1.807, 2.05) is 0 Å². The Morgan fingerprint density at radius 1 is 1.00 bits per heavy atom. The van der Waals surface area contributed by atoms with E-state index >= 15 is 0 Å². The molecule has 0 radical (unpaired) electrons. The van der Waals surface area contributed by atoms with Crippen LogP contribution in [-0.2, 0) is 0 Å². The summed E-state index contributed by atoms with van der Waals surface area (Å²) in [7, 11) is 0. The van der Waals surface area contributed by atoms with Crippen LogP contribution in [0.2, 0.25) is 0 Å². The van der Waals surface area contributed by atoms with Crippen LogP contribution in [-0.4, -0.2) is 5.11 Å². The van der Waals surface area contributed by atoms with Crippen molar-refractivity contribution in [2.75, 3.05) is 0 Å². The van der Waals surface area contributed by atoms with Crippen molar-refractivity contribution < 1.29 is 13.9 Å². The number of rotatable bonds is 2. The highest BCUT2D eigenvalue weighted by Crippen LogP contribution is 2.33. The van der Waals surface area contributed by atoms with Crippen molar-refractivity contribution in [3.05, 3.63) is 45.1 Å². The fraction of sp³-hybridized carbons (Fsp3) is 0.111. The molecule has 0 saturated carbocycles. The lowest BCUT2D eigenvalue weighted by Crippen LogP contribution is -1.97. The second kappa shape index (κ2) is 3.92. The first-order chi connectivity index (χ1) is 6.70. The first kappa shape index (κ1) is 10.0. The Hall–Kier alpha value is -0.520. The van der Waals surface area contributed by atoms with Gasteiger partial charge in [-0.15, -0.1) is 0 Å². The maximum Gasteiger partial charge on any atom is 0.171 e. The summed E-state index contributed by atoms with van der Waals surface area (Å²) in [6.07, 6.45) is 2.10. The zero-order valence-corrected chi connectivity index (χ0v) is 10.1. The second-order valence-electron chi connectivity index (χ2n) is 2.67. The van der Waals surface area contributed by atoms with Gasteiger partial charge < -0.3 is 13.9 Å². The largest absolute Gasteiger partial charge is 0.465 e. The molecule has 0 bridgehead atoms. The average Bonchev–Trinajstić information content (AvgIpc) is 2.73. The van der Waals surface area contributed by atoms with Crippen LogP contribution in [0.3, 0.4) is 0 Å². The summed E-state index contributed by atoms with van der Waals surface area (Å²) in [4.78, 5) is 0. The topological polar surface area (TPSA) is 46.5 Å². The predicted octanol–water partition coefficient (Wildman–Crippen LogP) is 3.48. The maximum atomic E-state index is 9.88. The molecule has 2 rings (SSSR count). The molecule has 0 spiro atoms. The van der Waals surface area contributed by atoms with Gasteiger partial charge in [-0.2, -0.15) is 0 Å². The standard InChI is InChI=1S/C9H6Br2O3/c10-5-1-3-13-8(5)7(12)9-6(11)2-4-14-9/h1-4,7,12H. The molecule has 74 valence electrons. The highest BCUT2D eigenvalue weighted by Gasteiger charge is 2.22. The van der Waals surface area contributed by atoms with E-state index in [4.69, 9.17) is 8.83 Å². The molecule has 0 amide bonds. The second-order valence-corrected chi connectivity index (χ2v) is 4.38. The third-order valence-corrected chi connectivity index (χ3v) is 3.10. The van der Waals surface area contributed by atoms with Gasteiger partial charge in [-0.3, -0.25) is 0 Å². The zero-order chi connectivity index (χ0) is 10.1. The normalized spacial score (nSPS) is 11.1. The number of furan rings is 2. The first-order valence-electron chi connectivity index (χ1n) is 3.84. The van der Waals surface area contributed by atoms with Gasteiger partial charge in [0, 0.05) is 0 Å². The monoisotopic (exact) mass is 320 g/mol. The quantitative estimate of drug-likeness (QED) is 0.921. The van der Waals surface area contributed by atoms with Crippen LogP contribution in [0.25, 0.3) is 0 Å². The van der Waals surface area contributed by atoms with E-state index in [2.05, 4.69) is 31.9 Å². The molecule has 0 aliphatic carbocycles. The molecule has 2 aromatic heterocycles. The molecule has 0 saturated heterocycles. The van der Waals surface area contributed by atoms with E-state index in [9.17, 15) is 5.11 Å². The smallest absolute Gasteiger partial charge is 0.171 e. The van der Waals surface area contributed by atoms with Crippen molar-refractivity contribution in [3.8, 4) is 0 Å². The fourth-order valence-corrected chi connectivity index (χ4v) is 1.96. The predicted molar refractivity (Wildman–Crippen MR) is 56.9 cm³/mol. The summed E-state index contributed by atoms with van der Waals surface area (Å²) in [6, 6.07) is 3.44. The van der Waals surface area contributed by atoms with Gasteiger partial charge in [-0.1, -0.05) is 0 Å². The molecule has 2 aromatic rings. The van der Waals surface area contributed by atoms with Crippen molar-refractivity contribution in [1.29, 1.82) is 0 Å². The van der Waals surface area contributed by atoms with Gasteiger partial charge in [0.2, 0.25) is 0 Å². The first-order valence-corrected chi connectivity index (χ1v) is 5.42. The Labute approximate surface area is 97.0 Å². The lowest BCUT2D eigenvalue weighted by Gasteiger charge is -2.05. The minimum Gasteiger partial charge on any atom is -0.465 e. The third kappa shape index (κ3) is 1.67. The minimum absolute atomic E-state index is 0.431. The van der Waals surface area contributed by atoms with E-state index in [0.29, 0.717) is 20.5 Å². The Morgan fingerprint density at radius 2 is 1.43 bits per heavy atom. The zero-order valence-electron chi connectivity index (χ0n) is 6.91. The lowest BCUT2D eigenvalue weighted by molar-refractivity contribution is 0.160. The van der Waals surface area contributed by atoms with Crippen molar-refractivity contribution in [1.82, 2.24) is 0 Å². The summed E-state index contributed by atoms with van der Waals surface area (Å²) < 4.78 is 11.7. The van der Waals surface area contributed by atoms with Gasteiger partial charge in [-0.25, -0.2) is 0 Å². The van der Waals surface area contributed by atoms with E-state index < -0.39 is 6.10 Å². The highest BCUT2D eigenvalue weighted by atomic mass is 79.9. The van der Waals surface area contributed by atoms with Crippen molar-refractivity contribution in [2.45, 2.75) is 6.10 Å². The lowest BCUT2D eigenvalue weighted by atomic mass is 10.2. The maximum absolute atomic E-state index is 9.88. The van der Waals surface area contributed by atoms with Crippen LogP contribution in [0.15, 0.2) is 42.4 Å². The molecule has 0 aliphatic rings. The molecule has 2 heterocycles. The number of hydrogen-bond acceptors (Lipinski definition) is 3. The van der Waals surface area contributed by atoms with Crippen LogP contribution in [0.5, 0.6) is 0 Å². The van der Waals surface area contributed by atoms with Crippen LogP contribution in [0, 0.1) is 0 Å². The molecule has 3 nitrogen and oxygen atoms in total. The number of halogens is 2. The number of aliphatic hydroxyl groups is 1. The van der Waals surface area contributed by atoms with E-state index in [-0.39, 0.29) is 0 Å².